The fourth-order valence-electron chi connectivity index (χ4n) is 2.39. The Morgan fingerprint density at radius 2 is 1.93 bits per heavy atom. The predicted octanol–water partition coefficient (Wildman–Crippen LogP) is 5.72. The molecule has 152 valence electrons. The van der Waals surface area contributed by atoms with Gasteiger partial charge in [-0.05, 0) is 49.4 Å². The van der Waals surface area contributed by atoms with Gasteiger partial charge in [-0.2, -0.15) is 8.78 Å². The molecule has 0 saturated carbocycles. The van der Waals surface area contributed by atoms with Gasteiger partial charge in [0.2, 0.25) is 0 Å². The van der Waals surface area contributed by atoms with Crippen molar-refractivity contribution in [2.24, 2.45) is 0 Å². The Bertz CT molecular complexity index is 1010. The van der Waals surface area contributed by atoms with Crippen molar-refractivity contribution < 1.29 is 27.6 Å². The summed E-state index contributed by atoms with van der Waals surface area (Å²) in [5.74, 6) is 0.203. The standard InChI is InChI=1S/C19H14Cl2F2N2O4/c1-10-14(9-27-13-5-2-11(20)3-6-13)17(25-29-10)18(26)24-12-4-7-16(15(21)8-12)28-19(22)23/h2-8,19H,9H2,1H3,(H,24,26). The average molecular weight is 443 g/mol. The third-order valence-corrected chi connectivity index (χ3v) is 4.35. The van der Waals surface area contributed by atoms with Gasteiger partial charge in [-0.1, -0.05) is 28.4 Å². The van der Waals surface area contributed by atoms with Crippen molar-refractivity contribution in [3.8, 4) is 11.5 Å². The molecule has 1 amide bonds. The number of hydrogen-bond donors (Lipinski definition) is 1. The third kappa shape index (κ3) is 5.36. The van der Waals surface area contributed by atoms with Crippen molar-refractivity contribution in [1.29, 1.82) is 0 Å². The molecule has 0 fully saturated rings. The predicted molar refractivity (Wildman–Crippen MR) is 103 cm³/mol. The van der Waals surface area contributed by atoms with Gasteiger partial charge in [0.15, 0.2) is 5.69 Å². The number of ether oxygens (including phenoxy) is 2. The molecule has 0 aliphatic rings. The molecule has 10 heteroatoms. The molecule has 3 aromatic rings. The van der Waals surface area contributed by atoms with Crippen molar-refractivity contribution in [3.05, 3.63) is 69.5 Å². The van der Waals surface area contributed by atoms with Crippen LogP contribution in [0.3, 0.4) is 0 Å². The zero-order valence-electron chi connectivity index (χ0n) is 14.9. The first-order chi connectivity index (χ1) is 13.8. The van der Waals surface area contributed by atoms with Gasteiger partial charge in [0, 0.05) is 10.7 Å². The molecule has 0 atom stereocenters. The number of alkyl halides is 2. The summed E-state index contributed by atoms with van der Waals surface area (Å²) in [4.78, 5) is 12.6. The van der Waals surface area contributed by atoms with Crippen LogP contribution in [0.2, 0.25) is 10.0 Å². The highest BCUT2D eigenvalue weighted by atomic mass is 35.5. The van der Waals surface area contributed by atoms with Crippen LogP contribution in [0.1, 0.15) is 21.8 Å². The van der Waals surface area contributed by atoms with Crippen LogP contribution in [0, 0.1) is 6.92 Å². The van der Waals surface area contributed by atoms with Gasteiger partial charge >= 0.3 is 6.61 Å². The number of hydrogen-bond acceptors (Lipinski definition) is 5. The molecule has 1 aromatic heterocycles. The fourth-order valence-corrected chi connectivity index (χ4v) is 2.74. The van der Waals surface area contributed by atoms with Gasteiger partial charge in [-0.25, -0.2) is 0 Å². The van der Waals surface area contributed by atoms with Crippen LogP contribution in [-0.2, 0) is 6.61 Å². The van der Waals surface area contributed by atoms with Crippen LogP contribution in [0.15, 0.2) is 47.0 Å². The van der Waals surface area contributed by atoms with Crippen molar-refractivity contribution in [2.45, 2.75) is 20.1 Å². The summed E-state index contributed by atoms with van der Waals surface area (Å²) in [6.07, 6.45) is 0. The molecule has 0 radical (unpaired) electrons. The highest BCUT2D eigenvalue weighted by Crippen LogP contribution is 2.29. The van der Waals surface area contributed by atoms with E-state index in [0.29, 0.717) is 22.1 Å². The molecular formula is C19H14Cl2F2N2O4. The molecule has 0 aliphatic heterocycles. The van der Waals surface area contributed by atoms with E-state index in [2.05, 4.69) is 15.2 Å². The number of nitrogens with one attached hydrogen (secondary N) is 1. The summed E-state index contributed by atoms with van der Waals surface area (Å²) in [5, 5.41) is 6.84. The van der Waals surface area contributed by atoms with E-state index in [4.69, 9.17) is 32.5 Å². The van der Waals surface area contributed by atoms with Gasteiger partial charge in [-0.3, -0.25) is 4.79 Å². The second kappa shape index (κ2) is 9.11. The molecule has 0 unspecified atom stereocenters. The van der Waals surface area contributed by atoms with Crippen LogP contribution in [0.4, 0.5) is 14.5 Å². The molecule has 29 heavy (non-hydrogen) atoms. The number of amides is 1. The summed E-state index contributed by atoms with van der Waals surface area (Å²) in [5.41, 5.74) is 0.758. The molecule has 2 aromatic carbocycles. The topological polar surface area (TPSA) is 73.6 Å². The summed E-state index contributed by atoms with van der Waals surface area (Å²) in [7, 11) is 0. The average Bonchev–Trinajstić information content (AvgIpc) is 3.04. The van der Waals surface area contributed by atoms with E-state index in [9.17, 15) is 13.6 Å². The maximum atomic E-state index is 12.6. The van der Waals surface area contributed by atoms with Gasteiger partial charge in [0.25, 0.3) is 5.91 Å². The first-order valence-electron chi connectivity index (χ1n) is 8.22. The lowest BCUT2D eigenvalue weighted by molar-refractivity contribution is -0.0497. The normalized spacial score (nSPS) is 10.8. The Morgan fingerprint density at radius 1 is 1.21 bits per heavy atom. The van der Waals surface area contributed by atoms with E-state index >= 15 is 0 Å². The van der Waals surface area contributed by atoms with Gasteiger partial charge in [0.1, 0.15) is 23.9 Å². The summed E-state index contributed by atoms with van der Waals surface area (Å²) < 4.78 is 39.6. The lowest BCUT2D eigenvalue weighted by Gasteiger charge is -2.10. The quantitative estimate of drug-likeness (QED) is 0.506. The lowest BCUT2D eigenvalue weighted by Crippen LogP contribution is -2.15. The number of benzene rings is 2. The minimum atomic E-state index is -3.01. The van der Waals surface area contributed by atoms with Gasteiger partial charge < -0.3 is 19.3 Å². The SMILES string of the molecule is Cc1onc(C(=O)Nc2ccc(OC(F)F)c(Cl)c2)c1COc1ccc(Cl)cc1. The maximum Gasteiger partial charge on any atom is 0.387 e. The van der Waals surface area contributed by atoms with E-state index in [-0.39, 0.29) is 28.8 Å². The maximum absolute atomic E-state index is 12.6. The second-order valence-corrected chi connectivity index (χ2v) is 6.63. The molecule has 1 N–H and O–H groups in total. The van der Waals surface area contributed by atoms with Crippen molar-refractivity contribution in [3.63, 3.8) is 0 Å². The number of carbonyl (C=O) groups excluding carboxylic acids is 1. The summed E-state index contributed by atoms with van der Waals surface area (Å²) >= 11 is 11.7. The number of aromatic nitrogens is 1. The minimum Gasteiger partial charge on any atom is -0.489 e. The Balaban J connectivity index is 1.71. The van der Waals surface area contributed by atoms with Crippen molar-refractivity contribution >= 4 is 34.8 Å². The van der Waals surface area contributed by atoms with Crippen LogP contribution >= 0.6 is 23.2 Å². The largest absolute Gasteiger partial charge is 0.489 e. The van der Waals surface area contributed by atoms with Gasteiger partial charge in [-0.15, -0.1) is 0 Å². The minimum absolute atomic E-state index is 0.0282. The number of anilines is 1. The molecule has 0 bridgehead atoms. The molecule has 1 heterocycles. The Labute approximate surface area is 174 Å². The van der Waals surface area contributed by atoms with Crippen LogP contribution in [0.5, 0.6) is 11.5 Å². The Morgan fingerprint density at radius 3 is 2.59 bits per heavy atom. The zero-order chi connectivity index (χ0) is 21.0. The number of rotatable bonds is 7. The van der Waals surface area contributed by atoms with Crippen LogP contribution in [0.25, 0.3) is 0 Å². The number of halogens is 4. The van der Waals surface area contributed by atoms with Crippen LogP contribution < -0.4 is 14.8 Å². The van der Waals surface area contributed by atoms with Crippen molar-refractivity contribution in [2.75, 3.05) is 5.32 Å². The van der Waals surface area contributed by atoms with E-state index in [1.807, 2.05) is 0 Å². The molecule has 0 spiro atoms. The van der Waals surface area contributed by atoms with E-state index < -0.39 is 12.5 Å². The van der Waals surface area contributed by atoms with E-state index in [0.717, 1.165) is 0 Å². The monoisotopic (exact) mass is 442 g/mol. The second-order valence-electron chi connectivity index (χ2n) is 5.79. The smallest absolute Gasteiger partial charge is 0.387 e. The Hall–Kier alpha value is -2.84. The van der Waals surface area contributed by atoms with E-state index in [1.54, 1.807) is 31.2 Å². The number of nitrogens with zero attached hydrogens (tertiary/aromatic N) is 1. The molecular weight excluding hydrogens is 429 g/mol. The highest BCUT2D eigenvalue weighted by Gasteiger charge is 2.21. The Kier molecular flexibility index (Phi) is 6.56. The number of aryl methyl sites for hydroxylation is 1. The first kappa shape index (κ1) is 20.9. The molecule has 0 saturated heterocycles. The zero-order valence-corrected chi connectivity index (χ0v) is 16.4. The van der Waals surface area contributed by atoms with E-state index in [1.165, 1.54) is 18.2 Å². The highest BCUT2D eigenvalue weighted by molar-refractivity contribution is 6.32. The summed E-state index contributed by atoms with van der Waals surface area (Å²) in [6.45, 7) is -1.31. The third-order valence-electron chi connectivity index (χ3n) is 3.80. The van der Waals surface area contributed by atoms with Crippen LogP contribution in [-0.4, -0.2) is 17.7 Å². The van der Waals surface area contributed by atoms with Gasteiger partial charge in [0.05, 0.1) is 10.6 Å². The fraction of sp³-hybridized carbons (Fsp3) is 0.158. The first-order valence-corrected chi connectivity index (χ1v) is 8.98. The molecule has 3 rings (SSSR count). The lowest BCUT2D eigenvalue weighted by atomic mass is 10.2. The molecule has 6 nitrogen and oxygen atoms in total. The number of carbonyl (C=O) groups is 1. The summed E-state index contributed by atoms with van der Waals surface area (Å²) in [6, 6.07) is 10.6. The van der Waals surface area contributed by atoms with Crippen molar-refractivity contribution in [1.82, 2.24) is 5.16 Å². The molecule has 0 aliphatic carbocycles.